The van der Waals surface area contributed by atoms with Gasteiger partial charge in [0, 0.05) is 10.8 Å². The molecule has 2 N–H and O–H groups in total. The molecule has 42 heavy (non-hydrogen) atoms. The smallest absolute Gasteiger partial charge is 0.324 e. The van der Waals surface area contributed by atoms with Crippen LogP contribution in [-0.4, -0.2) is 52.1 Å². The average molecular weight is 619 g/mol. The summed E-state index contributed by atoms with van der Waals surface area (Å²) in [6.07, 6.45) is 0. The minimum atomic E-state index is -4.59. The van der Waals surface area contributed by atoms with Gasteiger partial charge in [-0.15, -0.1) is 0 Å². The summed E-state index contributed by atoms with van der Waals surface area (Å²) in [4.78, 5) is 22.9. The first kappa shape index (κ1) is 30.4. The molecule has 0 saturated heterocycles. The Morgan fingerprint density at radius 1 is 0.643 bits per heavy atom. The molecule has 0 spiro atoms. The van der Waals surface area contributed by atoms with Crippen molar-refractivity contribution >= 4 is 54.1 Å². The van der Waals surface area contributed by atoms with E-state index < -0.39 is 56.7 Å². The SMILES string of the molecule is Cc1cc(S(=O)(=O)N(CC(=O)O)c2ccc(N(CC(=O)O)S(=O)(=O)c3ccc(F)c(C)c3)c3ccccc23)ccc1F. The molecule has 0 bridgehead atoms. The van der Waals surface area contributed by atoms with E-state index in [1.807, 2.05) is 0 Å². The van der Waals surface area contributed by atoms with Crippen LogP contribution in [0.1, 0.15) is 11.1 Å². The summed E-state index contributed by atoms with van der Waals surface area (Å²) in [5.41, 5.74) is -0.276. The summed E-state index contributed by atoms with van der Waals surface area (Å²) >= 11 is 0. The van der Waals surface area contributed by atoms with Crippen molar-refractivity contribution in [1.29, 1.82) is 0 Å². The van der Waals surface area contributed by atoms with Crippen molar-refractivity contribution in [1.82, 2.24) is 0 Å². The fourth-order valence-electron chi connectivity index (χ4n) is 4.36. The lowest BCUT2D eigenvalue weighted by molar-refractivity contribution is -0.136. The molecule has 0 heterocycles. The first-order valence-electron chi connectivity index (χ1n) is 12.2. The van der Waals surface area contributed by atoms with E-state index in [9.17, 15) is 45.4 Å². The van der Waals surface area contributed by atoms with E-state index in [1.54, 1.807) is 0 Å². The zero-order chi connectivity index (χ0) is 31.0. The number of benzene rings is 4. The van der Waals surface area contributed by atoms with E-state index in [1.165, 1.54) is 38.1 Å². The second-order valence-electron chi connectivity index (χ2n) is 9.28. The molecule has 4 aromatic carbocycles. The summed E-state index contributed by atoms with van der Waals surface area (Å²) in [5, 5.41) is 19.4. The van der Waals surface area contributed by atoms with E-state index in [-0.39, 0.29) is 43.1 Å². The Bertz CT molecular complexity index is 1810. The highest BCUT2D eigenvalue weighted by Crippen LogP contribution is 2.38. The highest BCUT2D eigenvalue weighted by molar-refractivity contribution is 7.93. The fourth-order valence-corrected chi connectivity index (χ4v) is 7.39. The minimum Gasteiger partial charge on any atom is -0.480 e. The molecule has 0 fully saturated rings. The molecule has 4 rings (SSSR count). The van der Waals surface area contributed by atoms with E-state index in [2.05, 4.69) is 0 Å². The van der Waals surface area contributed by atoms with E-state index in [0.29, 0.717) is 8.61 Å². The number of fused-ring (bicyclic) bond motifs is 1. The molecule has 4 aromatic rings. The molecular formula is C28H24F2N2O8S2. The molecule has 0 aliphatic heterocycles. The molecule has 10 nitrogen and oxygen atoms in total. The molecule has 0 aliphatic rings. The van der Waals surface area contributed by atoms with Crippen molar-refractivity contribution in [3.8, 4) is 0 Å². The lowest BCUT2D eigenvalue weighted by Gasteiger charge is -2.28. The number of aryl methyl sites for hydroxylation is 2. The largest absolute Gasteiger partial charge is 0.480 e. The van der Waals surface area contributed by atoms with Crippen LogP contribution in [0.2, 0.25) is 0 Å². The molecule has 0 amide bonds. The molecule has 0 unspecified atom stereocenters. The third-order valence-electron chi connectivity index (χ3n) is 6.41. The number of halogens is 2. The zero-order valence-electron chi connectivity index (χ0n) is 22.2. The lowest BCUT2D eigenvalue weighted by Crippen LogP contribution is -2.37. The Kier molecular flexibility index (Phi) is 8.23. The molecule has 14 heteroatoms. The monoisotopic (exact) mass is 618 g/mol. The van der Waals surface area contributed by atoms with Gasteiger partial charge in [0.1, 0.15) is 24.7 Å². The summed E-state index contributed by atoms with van der Waals surface area (Å²) in [5.74, 6) is -4.34. The van der Waals surface area contributed by atoms with E-state index in [0.717, 1.165) is 48.5 Å². The Balaban J connectivity index is 1.96. The Hall–Kier alpha value is -4.56. The number of carboxylic acid groups (broad SMARTS) is 2. The maximum atomic E-state index is 13.9. The number of carboxylic acids is 2. The van der Waals surface area contributed by atoms with Gasteiger partial charge < -0.3 is 10.2 Å². The van der Waals surface area contributed by atoms with Crippen LogP contribution in [0.4, 0.5) is 20.2 Å². The average Bonchev–Trinajstić information content (AvgIpc) is 2.92. The summed E-state index contributed by atoms with van der Waals surface area (Å²) in [6, 6.07) is 14.1. The summed E-state index contributed by atoms with van der Waals surface area (Å²) in [7, 11) is -9.18. The molecule has 0 aromatic heterocycles. The van der Waals surface area contributed by atoms with Crippen LogP contribution >= 0.6 is 0 Å². The van der Waals surface area contributed by atoms with Crippen LogP contribution in [0.5, 0.6) is 0 Å². The van der Waals surface area contributed by atoms with Crippen LogP contribution in [0.3, 0.4) is 0 Å². The van der Waals surface area contributed by atoms with Crippen molar-refractivity contribution in [3.05, 3.63) is 95.6 Å². The van der Waals surface area contributed by atoms with Gasteiger partial charge in [-0.3, -0.25) is 18.2 Å². The molecule has 220 valence electrons. The predicted molar refractivity (Wildman–Crippen MR) is 151 cm³/mol. The topological polar surface area (TPSA) is 149 Å². The van der Waals surface area contributed by atoms with Gasteiger partial charge in [-0.25, -0.2) is 25.6 Å². The number of aliphatic carboxylic acids is 2. The van der Waals surface area contributed by atoms with Gasteiger partial charge in [0.15, 0.2) is 0 Å². The Morgan fingerprint density at radius 2 is 1.00 bits per heavy atom. The van der Waals surface area contributed by atoms with Crippen LogP contribution in [0.15, 0.2) is 82.6 Å². The second kappa shape index (κ2) is 11.4. The van der Waals surface area contributed by atoms with Crippen LogP contribution in [0.25, 0.3) is 10.8 Å². The van der Waals surface area contributed by atoms with Crippen molar-refractivity contribution < 1.29 is 45.4 Å². The van der Waals surface area contributed by atoms with Gasteiger partial charge >= 0.3 is 11.9 Å². The molecule has 0 radical (unpaired) electrons. The molecule has 0 atom stereocenters. The first-order chi connectivity index (χ1) is 19.6. The zero-order valence-corrected chi connectivity index (χ0v) is 23.8. The van der Waals surface area contributed by atoms with Gasteiger partial charge in [-0.05, 0) is 73.5 Å². The van der Waals surface area contributed by atoms with Crippen LogP contribution < -0.4 is 8.61 Å². The maximum Gasteiger partial charge on any atom is 0.324 e. The first-order valence-corrected chi connectivity index (χ1v) is 15.1. The Morgan fingerprint density at radius 3 is 1.31 bits per heavy atom. The molecule has 0 aliphatic carbocycles. The number of hydrogen-bond donors (Lipinski definition) is 2. The van der Waals surface area contributed by atoms with E-state index in [4.69, 9.17) is 0 Å². The quantitative estimate of drug-likeness (QED) is 0.267. The third-order valence-corrected chi connectivity index (χ3v) is 9.92. The van der Waals surface area contributed by atoms with E-state index >= 15 is 0 Å². The van der Waals surface area contributed by atoms with Crippen molar-refractivity contribution in [2.45, 2.75) is 23.6 Å². The number of nitrogens with zero attached hydrogens (tertiary/aromatic N) is 2. The normalized spacial score (nSPS) is 11.8. The van der Waals surface area contributed by atoms with Gasteiger partial charge in [0.2, 0.25) is 0 Å². The highest BCUT2D eigenvalue weighted by Gasteiger charge is 2.32. The van der Waals surface area contributed by atoms with Gasteiger partial charge in [-0.2, -0.15) is 0 Å². The highest BCUT2D eigenvalue weighted by atomic mass is 32.2. The van der Waals surface area contributed by atoms with Crippen molar-refractivity contribution in [3.63, 3.8) is 0 Å². The maximum absolute atomic E-state index is 13.9. The standard InChI is InChI=1S/C28H24F2N2O8S2/c1-17-13-19(7-9-23(17)29)41(37,38)31(15-27(33)34)25-11-12-26(22-6-4-3-5-21(22)25)32(16-28(35)36)42(39,40)20-8-10-24(30)18(2)14-20/h3-14H,15-16H2,1-2H3,(H,33,34)(H,35,36). The number of carbonyl (C=O) groups is 2. The second-order valence-corrected chi connectivity index (χ2v) is 13.0. The minimum absolute atomic E-state index is 0.0112. The Labute approximate surface area is 240 Å². The number of sulfonamides is 2. The predicted octanol–water partition coefficient (Wildman–Crippen LogP) is 4.29. The van der Waals surface area contributed by atoms with Crippen molar-refractivity contribution in [2.75, 3.05) is 21.7 Å². The van der Waals surface area contributed by atoms with Gasteiger partial charge in [-0.1, -0.05) is 24.3 Å². The van der Waals surface area contributed by atoms with Gasteiger partial charge in [0.05, 0.1) is 21.2 Å². The fraction of sp³-hybridized carbons (Fsp3) is 0.143. The molecule has 0 saturated carbocycles. The summed E-state index contributed by atoms with van der Waals surface area (Å²) < 4.78 is 83.6. The van der Waals surface area contributed by atoms with Crippen molar-refractivity contribution in [2.24, 2.45) is 0 Å². The third kappa shape index (κ3) is 5.76. The number of hydrogen-bond acceptors (Lipinski definition) is 6. The number of rotatable bonds is 10. The summed E-state index contributed by atoms with van der Waals surface area (Å²) in [6.45, 7) is 0.628. The van der Waals surface area contributed by atoms with Gasteiger partial charge in [0.25, 0.3) is 20.0 Å². The molecular weight excluding hydrogens is 594 g/mol. The lowest BCUT2D eigenvalue weighted by atomic mass is 10.1. The number of anilines is 2. The van der Waals surface area contributed by atoms with Crippen LogP contribution in [0, 0.1) is 25.5 Å². The van der Waals surface area contributed by atoms with Crippen LogP contribution in [-0.2, 0) is 29.6 Å².